The highest BCUT2D eigenvalue weighted by Crippen LogP contribution is 2.16. The zero-order chi connectivity index (χ0) is 17.0. The summed E-state index contributed by atoms with van der Waals surface area (Å²) in [6, 6.07) is 6.79. The van der Waals surface area contributed by atoms with E-state index in [1.165, 1.54) is 0 Å². The molecular weight excluding hydrogens is 318 g/mol. The number of nitrogens with one attached hydrogen (secondary N) is 1. The van der Waals surface area contributed by atoms with E-state index in [0.29, 0.717) is 36.9 Å². The molecule has 0 unspecified atom stereocenters. The molecule has 0 spiro atoms. The van der Waals surface area contributed by atoms with Crippen LogP contribution in [0.3, 0.4) is 0 Å². The SMILES string of the molecule is CC(C)(C)OC(=O)N1CCN(C(=O)Nc2cccc(Cl)c2)CC1. The number of halogens is 1. The van der Waals surface area contributed by atoms with Gasteiger partial charge in [-0.1, -0.05) is 17.7 Å². The normalized spacial score (nSPS) is 15.3. The van der Waals surface area contributed by atoms with E-state index in [4.69, 9.17) is 16.3 Å². The minimum atomic E-state index is -0.516. The number of hydrogen-bond acceptors (Lipinski definition) is 3. The number of carbonyl (C=O) groups is 2. The maximum absolute atomic E-state index is 12.2. The van der Waals surface area contributed by atoms with Crippen LogP contribution < -0.4 is 5.32 Å². The molecule has 0 aliphatic carbocycles. The van der Waals surface area contributed by atoms with Crippen molar-refractivity contribution in [2.75, 3.05) is 31.5 Å². The van der Waals surface area contributed by atoms with Gasteiger partial charge in [-0.2, -0.15) is 0 Å². The molecule has 126 valence electrons. The molecule has 3 amide bonds. The van der Waals surface area contributed by atoms with Crippen LogP contribution in [0.2, 0.25) is 5.02 Å². The van der Waals surface area contributed by atoms with Gasteiger partial charge in [-0.3, -0.25) is 0 Å². The standard InChI is InChI=1S/C16H22ClN3O3/c1-16(2,3)23-15(22)20-9-7-19(8-10-20)14(21)18-13-6-4-5-12(17)11-13/h4-6,11H,7-10H2,1-3H3,(H,18,21). The zero-order valence-corrected chi connectivity index (χ0v) is 14.4. The number of carbonyl (C=O) groups excluding carboxylic acids is 2. The third-order valence-corrected chi connectivity index (χ3v) is 3.53. The maximum atomic E-state index is 12.2. The minimum absolute atomic E-state index is 0.198. The number of hydrogen-bond donors (Lipinski definition) is 1. The molecule has 1 N–H and O–H groups in total. The molecule has 1 aliphatic heterocycles. The summed E-state index contributed by atoms with van der Waals surface area (Å²) in [5, 5.41) is 3.37. The summed E-state index contributed by atoms with van der Waals surface area (Å²) in [5.41, 5.74) is 0.134. The highest BCUT2D eigenvalue weighted by atomic mass is 35.5. The molecule has 6 nitrogen and oxygen atoms in total. The van der Waals surface area contributed by atoms with Crippen LogP contribution >= 0.6 is 11.6 Å². The third-order valence-electron chi connectivity index (χ3n) is 3.29. The van der Waals surface area contributed by atoms with E-state index in [0.717, 1.165) is 0 Å². The van der Waals surface area contributed by atoms with Crippen molar-refractivity contribution in [2.45, 2.75) is 26.4 Å². The van der Waals surface area contributed by atoms with Crippen molar-refractivity contribution in [2.24, 2.45) is 0 Å². The predicted octanol–water partition coefficient (Wildman–Crippen LogP) is 3.42. The molecule has 1 fully saturated rings. The summed E-state index contributed by atoms with van der Waals surface area (Å²) < 4.78 is 5.33. The summed E-state index contributed by atoms with van der Waals surface area (Å²) in [6.07, 6.45) is -0.340. The van der Waals surface area contributed by atoms with Crippen LogP contribution in [-0.4, -0.2) is 53.7 Å². The molecule has 2 rings (SSSR count). The molecule has 7 heteroatoms. The molecule has 1 aromatic rings. The Kier molecular flexibility index (Phi) is 5.36. The van der Waals surface area contributed by atoms with E-state index in [2.05, 4.69) is 5.32 Å². The van der Waals surface area contributed by atoms with E-state index < -0.39 is 5.60 Å². The van der Waals surface area contributed by atoms with Crippen LogP contribution in [0.1, 0.15) is 20.8 Å². The summed E-state index contributed by atoms with van der Waals surface area (Å²) in [4.78, 5) is 27.5. The van der Waals surface area contributed by atoms with Crippen LogP contribution in [0.5, 0.6) is 0 Å². The Morgan fingerprint density at radius 2 is 1.74 bits per heavy atom. The fourth-order valence-corrected chi connectivity index (χ4v) is 2.38. The average Bonchev–Trinajstić information content (AvgIpc) is 2.45. The molecule has 0 radical (unpaired) electrons. The van der Waals surface area contributed by atoms with Gasteiger partial charge < -0.3 is 19.9 Å². The van der Waals surface area contributed by atoms with Gasteiger partial charge in [-0.25, -0.2) is 9.59 Å². The number of amides is 3. The number of ether oxygens (including phenoxy) is 1. The number of benzene rings is 1. The van der Waals surface area contributed by atoms with Gasteiger partial charge in [0, 0.05) is 36.9 Å². The van der Waals surface area contributed by atoms with Crippen molar-refractivity contribution in [3.8, 4) is 0 Å². The van der Waals surface area contributed by atoms with E-state index in [9.17, 15) is 9.59 Å². The first-order chi connectivity index (χ1) is 10.7. The predicted molar refractivity (Wildman–Crippen MR) is 89.9 cm³/mol. The summed E-state index contributed by atoms with van der Waals surface area (Å²) in [6.45, 7) is 7.34. The lowest BCUT2D eigenvalue weighted by atomic mass is 10.2. The number of urea groups is 1. The van der Waals surface area contributed by atoms with Gasteiger partial charge in [-0.05, 0) is 39.0 Å². The van der Waals surface area contributed by atoms with E-state index in [-0.39, 0.29) is 12.1 Å². The molecule has 1 aliphatic rings. The highest BCUT2D eigenvalue weighted by molar-refractivity contribution is 6.30. The maximum Gasteiger partial charge on any atom is 0.410 e. The first kappa shape index (κ1) is 17.4. The number of rotatable bonds is 1. The van der Waals surface area contributed by atoms with E-state index >= 15 is 0 Å². The smallest absolute Gasteiger partial charge is 0.410 e. The van der Waals surface area contributed by atoms with E-state index in [1.54, 1.807) is 34.1 Å². The second-order valence-corrected chi connectivity index (χ2v) is 6.83. The van der Waals surface area contributed by atoms with Gasteiger partial charge in [0.25, 0.3) is 0 Å². The minimum Gasteiger partial charge on any atom is -0.444 e. The topological polar surface area (TPSA) is 61.9 Å². The Hall–Kier alpha value is -1.95. The second-order valence-electron chi connectivity index (χ2n) is 6.39. The lowest BCUT2D eigenvalue weighted by Crippen LogP contribution is -2.52. The number of piperazine rings is 1. The van der Waals surface area contributed by atoms with E-state index in [1.807, 2.05) is 20.8 Å². The molecular formula is C16H22ClN3O3. The Morgan fingerprint density at radius 3 is 2.30 bits per heavy atom. The van der Waals surface area contributed by atoms with Crippen molar-refractivity contribution in [3.05, 3.63) is 29.3 Å². The number of nitrogens with zero attached hydrogens (tertiary/aromatic N) is 2. The Labute approximate surface area is 141 Å². The fourth-order valence-electron chi connectivity index (χ4n) is 2.19. The van der Waals surface area contributed by atoms with Crippen LogP contribution in [0.25, 0.3) is 0 Å². The molecule has 1 saturated heterocycles. The van der Waals surface area contributed by atoms with Crippen LogP contribution in [0.4, 0.5) is 15.3 Å². The van der Waals surface area contributed by atoms with Gasteiger partial charge in [0.2, 0.25) is 0 Å². The molecule has 0 atom stereocenters. The molecule has 0 saturated carbocycles. The lowest BCUT2D eigenvalue weighted by Gasteiger charge is -2.35. The van der Waals surface area contributed by atoms with Crippen molar-refractivity contribution in [1.82, 2.24) is 9.80 Å². The van der Waals surface area contributed by atoms with Crippen molar-refractivity contribution < 1.29 is 14.3 Å². The van der Waals surface area contributed by atoms with Gasteiger partial charge in [0.05, 0.1) is 0 Å². The van der Waals surface area contributed by atoms with Gasteiger partial charge >= 0.3 is 12.1 Å². The van der Waals surface area contributed by atoms with Crippen LogP contribution in [-0.2, 0) is 4.74 Å². The van der Waals surface area contributed by atoms with Crippen LogP contribution in [0, 0.1) is 0 Å². The molecule has 0 aromatic heterocycles. The van der Waals surface area contributed by atoms with Crippen molar-refractivity contribution in [1.29, 1.82) is 0 Å². The van der Waals surface area contributed by atoms with Gasteiger partial charge in [-0.15, -0.1) is 0 Å². The monoisotopic (exact) mass is 339 g/mol. The summed E-state index contributed by atoms with van der Waals surface area (Å²) in [5.74, 6) is 0. The van der Waals surface area contributed by atoms with Crippen molar-refractivity contribution >= 4 is 29.4 Å². The first-order valence-electron chi connectivity index (χ1n) is 7.54. The molecule has 23 heavy (non-hydrogen) atoms. The number of anilines is 1. The summed E-state index contributed by atoms with van der Waals surface area (Å²) in [7, 11) is 0. The fraction of sp³-hybridized carbons (Fsp3) is 0.500. The summed E-state index contributed by atoms with van der Waals surface area (Å²) >= 11 is 5.90. The van der Waals surface area contributed by atoms with Crippen LogP contribution in [0.15, 0.2) is 24.3 Å². The molecule has 1 aromatic carbocycles. The average molecular weight is 340 g/mol. The quantitative estimate of drug-likeness (QED) is 0.852. The third kappa shape index (κ3) is 5.32. The Bertz CT molecular complexity index is 578. The van der Waals surface area contributed by atoms with Crippen molar-refractivity contribution in [3.63, 3.8) is 0 Å². The Morgan fingerprint density at radius 1 is 1.13 bits per heavy atom. The zero-order valence-electron chi connectivity index (χ0n) is 13.6. The van der Waals surface area contributed by atoms with Gasteiger partial charge in [0.15, 0.2) is 0 Å². The largest absolute Gasteiger partial charge is 0.444 e. The highest BCUT2D eigenvalue weighted by Gasteiger charge is 2.27. The first-order valence-corrected chi connectivity index (χ1v) is 7.92. The molecule has 1 heterocycles. The lowest BCUT2D eigenvalue weighted by molar-refractivity contribution is 0.0174. The van der Waals surface area contributed by atoms with Gasteiger partial charge in [0.1, 0.15) is 5.60 Å². The Balaban J connectivity index is 1.84. The second kappa shape index (κ2) is 7.08. The molecule has 0 bridgehead atoms.